The summed E-state index contributed by atoms with van der Waals surface area (Å²) in [5.41, 5.74) is 3.38. The molecule has 0 bridgehead atoms. The van der Waals surface area contributed by atoms with Gasteiger partial charge in [0.2, 0.25) is 6.79 Å². The van der Waals surface area contributed by atoms with Crippen LogP contribution in [0.1, 0.15) is 69.1 Å². The van der Waals surface area contributed by atoms with Gasteiger partial charge < -0.3 is 14.5 Å². The molecule has 0 spiro atoms. The van der Waals surface area contributed by atoms with Gasteiger partial charge in [-0.25, -0.2) is 4.68 Å². The van der Waals surface area contributed by atoms with Crippen molar-refractivity contribution < 1.29 is 9.47 Å². The van der Waals surface area contributed by atoms with Gasteiger partial charge in [0.1, 0.15) is 0 Å². The number of benzene rings is 2. The second kappa shape index (κ2) is 9.97. The minimum Gasteiger partial charge on any atom is -0.454 e. The quantitative estimate of drug-likeness (QED) is 0.349. The Morgan fingerprint density at radius 1 is 1.08 bits per heavy atom. The van der Waals surface area contributed by atoms with Crippen LogP contribution in [0.5, 0.6) is 11.5 Å². The number of hydrogen-bond donors (Lipinski definition) is 1. The van der Waals surface area contributed by atoms with E-state index in [2.05, 4.69) is 59.2 Å². The third kappa shape index (κ3) is 4.96. The van der Waals surface area contributed by atoms with Crippen molar-refractivity contribution in [2.45, 2.75) is 72.1 Å². The molecule has 0 radical (unpaired) electrons. The van der Waals surface area contributed by atoms with Crippen LogP contribution in [0, 0.1) is 6.92 Å². The van der Waals surface area contributed by atoms with E-state index in [0.717, 1.165) is 52.2 Å². The maximum absolute atomic E-state index is 13.2. The first-order valence-corrected chi connectivity index (χ1v) is 12.8. The van der Waals surface area contributed by atoms with Crippen molar-refractivity contribution in [3.05, 3.63) is 75.3 Å². The molecular weight excluding hydrogens is 468 g/mol. The lowest BCUT2D eigenvalue weighted by Crippen LogP contribution is -2.36. The normalized spacial score (nSPS) is 14.0. The van der Waals surface area contributed by atoms with Crippen LogP contribution in [0.2, 0.25) is 0 Å². The summed E-state index contributed by atoms with van der Waals surface area (Å²) < 4.78 is 13.1. The molecule has 2 aromatic heterocycles. The number of H-pyrrole nitrogens is 1. The summed E-state index contributed by atoms with van der Waals surface area (Å²) in [7, 11) is 0. The minimum atomic E-state index is -0.241. The first-order chi connectivity index (χ1) is 17.8. The van der Waals surface area contributed by atoms with Gasteiger partial charge in [0.15, 0.2) is 17.3 Å². The van der Waals surface area contributed by atoms with Crippen LogP contribution >= 0.6 is 0 Å². The Morgan fingerprint density at radius 2 is 1.89 bits per heavy atom. The highest BCUT2D eigenvalue weighted by atomic mass is 16.7. The highest BCUT2D eigenvalue weighted by Crippen LogP contribution is 2.35. The Bertz CT molecular complexity index is 1470. The van der Waals surface area contributed by atoms with Crippen molar-refractivity contribution in [3.8, 4) is 11.5 Å². The third-order valence-electron chi connectivity index (χ3n) is 7.33. The number of rotatable bonds is 9. The molecule has 1 N–H and O–H groups in total. The number of ether oxygens (including phenoxy) is 2. The molecule has 0 aliphatic carbocycles. The van der Waals surface area contributed by atoms with E-state index in [1.54, 1.807) is 0 Å². The average molecular weight is 503 g/mol. The first kappa shape index (κ1) is 25.0. The summed E-state index contributed by atoms with van der Waals surface area (Å²) in [5.74, 6) is 2.28. The smallest absolute Gasteiger partial charge is 0.252 e. The van der Waals surface area contributed by atoms with Crippen LogP contribution in [-0.2, 0) is 18.6 Å². The lowest BCUT2D eigenvalue weighted by Gasteiger charge is -2.33. The molecule has 9 nitrogen and oxygen atoms in total. The number of tetrazole rings is 1. The Morgan fingerprint density at radius 3 is 2.68 bits per heavy atom. The van der Waals surface area contributed by atoms with Gasteiger partial charge in [-0.1, -0.05) is 32.0 Å². The van der Waals surface area contributed by atoms with Crippen LogP contribution < -0.4 is 15.0 Å². The van der Waals surface area contributed by atoms with E-state index < -0.39 is 0 Å². The largest absolute Gasteiger partial charge is 0.454 e. The second-order valence-electron chi connectivity index (χ2n) is 10.3. The number of aryl methyl sites for hydroxylation is 1. The lowest BCUT2D eigenvalue weighted by atomic mass is 10.0. The highest BCUT2D eigenvalue weighted by Gasteiger charge is 2.31. The van der Waals surface area contributed by atoms with E-state index in [0.29, 0.717) is 18.7 Å². The number of pyridine rings is 1. The molecule has 4 aromatic rings. The van der Waals surface area contributed by atoms with E-state index in [-0.39, 0.29) is 23.9 Å². The Labute approximate surface area is 216 Å². The van der Waals surface area contributed by atoms with Crippen LogP contribution in [0.4, 0.5) is 0 Å². The van der Waals surface area contributed by atoms with E-state index in [1.165, 1.54) is 0 Å². The van der Waals surface area contributed by atoms with Crippen molar-refractivity contribution >= 4 is 10.9 Å². The molecule has 9 heteroatoms. The van der Waals surface area contributed by atoms with Crippen LogP contribution in [-0.4, -0.2) is 36.9 Å². The monoisotopic (exact) mass is 502 g/mol. The van der Waals surface area contributed by atoms with Crippen molar-refractivity contribution in [3.63, 3.8) is 0 Å². The highest BCUT2D eigenvalue weighted by molar-refractivity contribution is 5.79. The number of aromatic nitrogens is 5. The molecule has 1 aliphatic rings. The molecule has 37 heavy (non-hydrogen) atoms. The van der Waals surface area contributed by atoms with Crippen molar-refractivity contribution in [1.29, 1.82) is 0 Å². The van der Waals surface area contributed by atoms with E-state index in [4.69, 9.17) is 9.47 Å². The van der Waals surface area contributed by atoms with Crippen molar-refractivity contribution in [2.24, 2.45) is 0 Å². The summed E-state index contributed by atoms with van der Waals surface area (Å²) in [6.07, 6.45) is 1.66. The van der Waals surface area contributed by atoms with Gasteiger partial charge in [-0.15, -0.1) is 5.10 Å². The number of nitrogens with zero attached hydrogens (tertiary/aromatic N) is 5. The van der Waals surface area contributed by atoms with E-state index in [9.17, 15) is 4.79 Å². The van der Waals surface area contributed by atoms with Gasteiger partial charge in [-0.2, -0.15) is 0 Å². The van der Waals surface area contributed by atoms with Gasteiger partial charge in [0.25, 0.3) is 5.56 Å². The Hall–Kier alpha value is -3.72. The second-order valence-corrected chi connectivity index (χ2v) is 10.3. The summed E-state index contributed by atoms with van der Waals surface area (Å²) in [6, 6.07) is 14.0. The predicted octanol–water partition coefficient (Wildman–Crippen LogP) is 4.85. The maximum atomic E-state index is 13.2. The molecule has 1 atom stereocenters. The zero-order chi connectivity index (χ0) is 26.2. The Balaban J connectivity index is 1.56. The van der Waals surface area contributed by atoms with Crippen molar-refractivity contribution in [2.75, 3.05) is 6.79 Å². The first-order valence-electron chi connectivity index (χ1n) is 12.8. The number of nitrogens with one attached hydrogen (secondary N) is 1. The van der Waals surface area contributed by atoms with Gasteiger partial charge in [0, 0.05) is 24.2 Å². The molecule has 0 amide bonds. The molecule has 3 heterocycles. The summed E-state index contributed by atoms with van der Waals surface area (Å²) in [5, 5.41) is 13.9. The summed E-state index contributed by atoms with van der Waals surface area (Å²) in [6.45, 7) is 11.8. The molecule has 1 unspecified atom stereocenters. The molecule has 0 saturated heterocycles. The Kier molecular flexibility index (Phi) is 6.72. The average Bonchev–Trinajstić information content (AvgIpc) is 3.55. The summed E-state index contributed by atoms with van der Waals surface area (Å²) in [4.78, 5) is 18.5. The van der Waals surface area contributed by atoms with Gasteiger partial charge in [-0.05, 0) is 84.8 Å². The minimum absolute atomic E-state index is 0.0860. The molecule has 1 aliphatic heterocycles. The van der Waals surface area contributed by atoms with Crippen LogP contribution in [0.15, 0.2) is 47.3 Å². The lowest BCUT2D eigenvalue weighted by molar-refractivity contribution is 0.150. The van der Waals surface area contributed by atoms with E-state index in [1.807, 2.05) is 48.0 Å². The van der Waals surface area contributed by atoms with E-state index >= 15 is 0 Å². The van der Waals surface area contributed by atoms with Gasteiger partial charge >= 0.3 is 0 Å². The zero-order valence-electron chi connectivity index (χ0n) is 22.1. The molecule has 194 valence electrons. The van der Waals surface area contributed by atoms with Crippen molar-refractivity contribution in [1.82, 2.24) is 30.1 Å². The molecular formula is C28H34N6O3. The SMILES string of the molecule is CCC(c1nnnn1C(C)(C)CC)N(Cc1ccc2c(c1)OCO2)Cc1cc2ccc(C)cc2[nH]c1=O. The van der Waals surface area contributed by atoms with Crippen LogP contribution in [0.3, 0.4) is 0 Å². The maximum Gasteiger partial charge on any atom is 0.252 e. The molecule has 5 rings (SSSR count). The van der Waals surface area contributed by atoms with Crippen LogP contribution in [0.25, 0.3) is 10.9 Å². The number of aromatic amines is 1. The topological polar surface area (TPSA) is 98.2 Å². The fourth-order valence-corrected chi connectivity index (χ4v) is 4.83. The third-order valence-corrected chi connectivity index (χ3v) is 7.33. The predicted molar refractivity (Wildman–Crippen MR) is 142 cm³/mol. The number of hydrogen-bond acceptors (Lipinski definition) is 7. The summed E-state index contributed by atoms with van der Waals surface area (Å²) >= 11 is 0. The molecule has 2 aromatic carbocycles. The van der Waals surface area contributed by atoms with Gasteiger partial charge in [0.05, 0.1) is 11.6 Å². The molecule has 0 saturated carbocycles. The zero-order valence-corrected chi connectivity index (χ0v) is 22.1. The van der Waals surface area contributed by atoms with Gasteiger partial charge in [-0.3, -0.25) is 9.69 Å². The fourth-order valence-electron chi connectivity index (χ4n) is 4.83. The standard InChI is InChI=1S/C28H34N6O3/c1-6-23(26-30-31-32-34(26)28(4,5)7-2)33(15-19-9-11-24-25(13-19)37-17-36-24)16-21-14-20-10-8-18(3)12-22(20)29-27(21)35/h8-14,23H,6-7,15-17H2,1-5H3,(H,29,35). The molecule has 0 fully saturated rings. The fraction of sp³-hybridized carbons (Fsp3) is 0.429. The number of fused-ring (bicyclic) bond motifs is 2.